The van der Waals surface area contributed by atoms with Crippen LogP contribution in [0.4, 0.5) is 23.2 Å². The van der Waals surface area contributed by atoms with Gasteiger partial charge in [-0.2, -0.15) is 13.2 Å². The van der Waals surface area contributed by atoms with Crippen LogP contribution in [0.15, 0.2) is 83.8 Å². The van der Waals surface area contributed by atoms with E-state index in [0.29, 0.717) is 29.8 Å². The van der Waals surface area contributed by atoms with Gasteiger partial charge in [0, 0.05) is 23.3 Å². The maximum absolute atomic E-state index is 14.1. The van der Waals surface area contributed by atoms with E-state index in [1.165, 1.54) is 12.1 Å². The summed E-state index contributed by atoms with van der Waals surface area (Å²) in [5.41, 5.74) is 3.58. The summed E-state index contributed by atoms with van der Waals surface area (Å²) in [7, 11) is -4.06. The quantitative estimate of drug-likeness (QED) is 0.193. The molecule has 1 aromatic heterocycles. The van der Waals surface area contributed by atoms with E-state index in [1.807, 2.05) is 43.3 Å². The lowest BCUT2D eigenvalue weighted by atomic mass is 9.87. The van der Waals surface area contributed by atoms with Crippen molar-refractivity contribution >= 4 is 33.2 Å². The van der Waals surface area contributed by atoms with Gasteiger partial charge in [-0.25, -0.2) is 17.5 Å². The molecule has 1 saturated carbocycles. The minimum Gasteiger partial charge on any atom is -0.306 e. The summed E-state index contributed by atoms with van der Waals surface area (Å²) in [6.45, 7) is 2.00. The van der Waals surface area contributed by atoms with E-state index in [4.69, 9.17) is 11.6 Å². The van der Waals surface area contributed by atoms with Crippen LogP contribution in [-0.4, -0.2) is 19.3 Å². The zero-order chi connectivity index (χ0) is 32.8. The molecule has 4 aromatic rings. The molecule has 3 unspecified atom stereocenters. The first kappa shape index (κ1) is 32.2. The Morgan fingerprint density at radius 1 is 1.04 bits per heavy atom. The van der Waals surface area contributed by atoms with Crippen LogP contribution in [0.25, 0.3) is 0 Å². The number of fused-ring (bicyclic) bond motifs is 1. The lowest BCUT2D eigenvalue weighted by molar-refractivity contribution is -0.137. The molecule has 0 radical (unpaired) electrons. The maximum Gasteiger partial charge on any atom is 0.416 e. The number of carbonyl (C=O) groups excluding carboxylic acids is 1. The van der Waals surface area contributed by atoms with Crippen molar-refractivity contribution in [3.8, 4) is 0 Å². The molecule has 0 saturated heterocycles. The molecule has 1 heterocycles. The van der Waals surface area contributed by atoms with Crippen molar-refractivity contribution in [2.75, 3.05) is 4.90 Å². The molecule has 0 aliphatic heterocycles. The number of rotatable bonds is 8. The lowest BCUT2D eigenvalue weighted by Gasteiger charge is -2.29. The van der Waals surface area contributed by atoms with E-state index in [9.17, 15) is 30.8 Å². The zero-order valence-corrected chi connectivity index (χ0v) is 26.3. The Labute approximate surface area is 269 Å². The van der Waals surface area contributed by atoms with E-state index in [0.717, 1.165) is 60.0 Å². The number of halogens is 5. The zero-order valence-electron chi connectivity index (χ0n) is 24.7. The molecule has 2 aliphatic carbocycles. The molecule has 3 atom stereocenters. The van der Waals surface area contributed by atoms with Crippen LogP contribution in [0.1, 0.15) is 64.9 Å². The second kappa shape index (κ2) is 12.4. The van der Waals surface area contributed by atoms with Crippen molar-refractivity contribution in [3.63, 3.8) is 0 Å². The van der Waals surface area contributed by atoms with Crippen LogP contribution in [0.3, 0.4) is 0 Å². The lowest BCUT2D eigenvalue weighted by Crippen LogP contribution is -2.34. The topological polar surface area (TPSA) is 79.4 Å². The summed E-state index contributed by atoms with van der Waals surface area (Å²) in [4.78, 5) is 20.1. The number of aromatic nitrogens is 1. The van der Waals surface area contributed by atoms with Gasteiger partial charge in [0.1, 0.15) is 5.82 Å². The predicted molar refractivity (Wildman–Crippen MR) is 166 cm³/mol. The fraction of sp³-hybridized carbons (Fsp3) is 0.294. The van der Waals surface area contributed by atoms with Gasteiger partial charge in [0.05, 0.1) is 27.7 Å². The standard InChI is InChI=1S/C34H30ClF4N3O3S/c1-20-4-2-6-24(40-20)19-42(33(43)29-18-27(29)22-8-11-23(12-9-22)34(37,38)39)25-13-10-21-5-3-7-32(28(21)16-25)41-46(44,45)26-14-15-31(36)30(35)17-26/h2,4,6,8-17,27,29,32,41H,3,5,7,18-19H2,1H3. The number of anilines is 1. The Morgan fingerprint density at radius 2 is 1.80 bits per heavy atom. The molecular weight excluding hydrogens is 642 g/mol. The average Bonchev–Trinajstić information content (AvgIpc) is 3.82. The summed E-state index contributed by atoms with van der Waals surface area (Å²) in [5, 5.41) is -0.303. The highest BCUT2D eigenvalue weighted by Crippen LogP contribution is 2.49. The third kappa shape index (κ3) is 6.82. The van der Waals surface area contributed by atoms with Crippen molar-refractivity contribution < 1.29 is 30.8 Å². The molecule has 240 valence electrons. The largest absolute Gasteiger partial charge is 0.416 e. The van der Waals surface area contributed by atoms with E-state index >= 15 is 0 Å². The molecule has 12 heteroatoms. The fourth-order valence-corrected chi connectivity index (χ4v) is 7.60. The fourth-order valence-electron chi connectivity index (χ4n) is 6.08. The monoisotopic (exact) mass is 671 g/mol. The van der Waals surface area contributed by atoms with Crippen molar-refractivity contribution in [3.05, 3.63) is 123 Å². The number of pyridine rings is 1. The third-order valence-electron chi connectivity index (χ3n) is 8.56. The Kier molecular flexibility index (Phi) is 8.69. The van der Waals surface area contributed by atoms with Crippen molar-refractivity contribution in [2.45, 2.75) is 62.2 Å². The minimum atomic E-state index is -4.44. The van der Waals surface area contributed by atoms with Gasteiger partial charge in [-0.05, 0) is 110 Å². The van der Waals surface area contributed by atoms with Gasteiger partial charge >= 0.3 is 6.18 Å². The van der Waals surface area contributed by atoms with Crippen molar-refractivity contribution in [1.82, 2.24) is 9.71 Å². The minimum absolute atomic E-state index is 0.153. The van der Waals surface area contributed by atoms with Crippen LogP contribution in [0.5, 0.6) is 0 Å². The van der Waals surface area contributed by atoms with Gasteiger partial charge < -0.3 is 4.90 Å². The number of alkyl halides is 3. The number of hydrogen-bond donors (Lipinski definition) is 1. The maximum atomic E-state index is 14.1. The van der Waals surface area contributed by atoms with Crippen LogP contribution < -0.4 is 9.62 Å². The Bertz CT molecular complexity index is 1900. The van der Waals surface area contributed by atoms with Gasteiger partial charge in [0.2, 0.25) is 15.9 Å². The molecule has 6 nitrogen and oxygen atoms in total. The number of carbonyl (C=O) groups is 1. The molecule has 6 rings (SSSR count). The highest BCUT2D eigenvalue weighted by molar-refractivity contribution is 7.89. The molecule has 1 fully saturated rings. The summed E-state index contributed by atoms with van der Waals surface area (Å²) in [5.74, 6) is -1.57. The summed E-state index contributed by atoms with van der Waals surface area (Å²) >= 11 is 5.86. The predicted octanol–water partition coefficient (Wildman–Crippen LogP) is 7.89. The van der Waals surface area contributed by atoms with Gasteiger partial charge in [-0.1, -0.05) is 35.9 Å². The third-order valence-corrected chi connectivity index (χ3v) is 10.3. The van der Waals surface area contributed by atoms with Gasteiger partial charge in [-0.15, -0.1) is 0 Å². The van der Waals surface area contributed by atoms with Crippen LogP contribution >= 0.6 is 11.6 Å². The molecule has 2 aliphatic rings. The average molecular weight is 672 g/mol. The number of nitrogens with one attached hydrogen (secondary N) is 1. The Hall–Kier alpha value is -3.80. The van der Waals surface area contributed by atoms with Crippen LogP contribution in [0, 0.1) is 18.7 Å². The van der Waals surface area contributed by atoms with Gasteiger partial charge in [0.15, 0.2) is 0 Å². The van der Waals surface area contributed by atoms with E-state index in [1.54, 1.807) is 4.90 Å². The second-order valence-corrected chi connectivity index (χ2v) is 13.9. The summed E-state index contributed by atoms with van der Waals surface area (Å²) < 4.78 is 82.4. The van der Waals surface area contributed by atoms with Crippen molar-refractivity contribution in [1.29, 1.82) is 0 Å². The van der Waals surface area contributed by atoms with E-state index < -0.39 is 39.5 Å². The number of hydrogen-bond acceptors (Lipinski definition) is 4. The van der Waals surface area contributed by atoms with Crippen LogP contribution in [-0.2, 0) is 34.0 Å². The Balaban J connectivity index is 1.30. The highest BCUT2D eigenvalue weighted by Gasteiger charge is 2.46. The van der Waals surface area contributed by atoms with E-state index in [2.05, 4.69) is 9.71 Å². The number of benzene rings is 3. The second-order valence-electron chi connectivity index (χ2n) is 11.8. The first-order valence-corrected chi connectivity index (χ1v) is 16.7. The highest BCUT2D eigenvalue weighted by atomic mass is 35.5. The molecule has 0 spiro atoms. The molecular formula is C34H30ClF4N3O3S. The number of amides is 1. The molecule has 3 aromatic carbocycles. The van der Waals surface area contributed by atoms with Crippen LogP contribution in [0.2, 0.25) is 5.02 Å². The number of sulfonamides is 1. The molecule has 1 amide bonds. The SMILES string of the molecule is Cc1cccc(CN(C(=O)C2CC2c2ccc(C(F)(F)F)cc2)c2ccc3c(c2)C(NS(=O)(=O)c2ccc(F)c(Cl)c2)CCC3)n1. The van der Waals surface area contributed by atoms with E-state index in [-0.39, 0.29) is 28.3 Å². The smallest absolute Gasteiger partial charge is 0.306 e. The number of nitrogens with zero attached hydrogens (tertiary/aromatic N) is 2. The normalized spacial score (nSPS) is 19.4. The molecule has 46 heavy (non-hydrogen) atoms. The first-order valence-electron chi connectivity index (χ1n) is 14.8. The molecule has 1 N–H and O–H groups in total. The summed E-state index contributed by atoms with van der Waals surface area (Å²) in [6, 6.07) is 18.6. The number of aryl methyl sites for hydroxylation is 2. The first-order chi connectivity index (χ1) is 21.8. The van der Waals surface area contributed by atoms with Crippen molar-refractivity contribution in [2.24, 2.45) is 5.92 Å². The van der Waals surface area contributed by atoms with Gasteiger partial charge in [0.25, 0.3) is 0 Å². The Morgan fingerprint density at radius 3 is 2.50 bits per heavy atom. The molecule has 0 bridgehead atoms. The summed E-state index contributed by atoms with van der Waals surface area (Å²) in [6.07, 6.45) is -1.98. The van der Waals surface area contributed by atoms with Gasteiger partial charge in [-0.3, -0.25) is 9.78 Å².